The lowest BCUT2D eigenvalue weighted by Crippen LogP contribution is -2.56. The molecule has 2 aromatic rings. The van der Waals surface area contributed by atoms with Crippen molar-refractivity contribution in [1.29, 1.82) is 0 Å². The largest absolute Gasteiger partial charge is 0.478 e. The van der Waals surface area contributed by atoms with Gasteiger partial charge in [-0.25, -0.2) is 4.79 Å². The molecule has 2 heterocycles. The lowest BCUT2D eigenvalue weighted by atomic mass is 9.92. The normalized spacial score (nSPS) is 18.1. The molecular formula is C22H26N2O7. The van der Waals surface area contributed by atoms with Crippen molar-refractivity contribution in [3.05, 3.63) is 40.2 Å². The molecule has 9 nitrogen and oxygen atoms in total. The monoisotopic (exact) mass is 430 g/mol. The molecule has 1 aromatic carbocycles. The van der Waals surface area contributed by atoms with Crippen LogP contribution < -0.4 is 10.5 Å². The predicted octanol–water partition coefficient (Wildman–Crippen LogP) is 2.00. The van der Waals surface area contributed by atoms with Crippen molar-refractivity contribution in [2.24, 2.45) is 5.41 Å². The van der Waals surface area contributed by atoms with E-state index in [1.807, 2.05) is 20.8 Å². The van der Waals surface area contributed by atoms with Gasteiger partial charge in [0.25, 0.3) is 5.91 Å². The summed E-state index contributed by atoms with van der Waals surface area (Å²) in [5, 5.41) is 10.4. The number of carboxylic acids is 1. The van der Waals surface area contributed by atoms with Crippen LogP contribution in [0, 0.1) is 12.3 Å². The number of H-pyrrole nitrogens is 1. The number of carboxylic acid groups (broad SMARTS) is 1. The number of nitrogens with zero attached hydrogens (tertiary/aromatic N) is 1. The van der Waals surface area contributed by atoms with E-state index in [2.05, 4.69) is 4.98 Å². The summed E-state index contributed by atoms with van der Waals surface area (Å²) in [7, 11) is 0. The smallest absolute Gasteiger partial charge is 0.348 e. The van der Waals surface area contributed by atoms with E-state index in [1.165, 1.54) is 11.0 Å². The molecule has 31 heavy (non-hydrogen) atoms. The molecule has 1 fully saturated rings. The molecule has 0 unspecified atom stereocenters. The first-order valence-corrected chi connectivity index (χ1v) is 9.96. The van der Waals surface area contributed by atoms with Gasteiger partial charge in [0.1, 0.15) is 0 Å². The number of carbonyl (C=O) groups excluding carboxylic acids is 2. The summed E-state index contributed by atoms with van der Waals surface area (Å²) in [5.74, 6) is -2.79. The van der Waals surface area contributed by atoms with Crippen LogP contribution in [0.4, 0.5) is 5.69 Å². The number of pyridine rings is 1. The van der Waals surface area contributed by atoms with Crippen LogP contribution in [-0.2, 0) is 23.9 Å². The zero-order chi connectivity index (χ0) is 22.9. The van der Waals surface area contributed by atoms with Gasteiger partial charge in [-0.05, 0) is 35.4 Å². The second kappa shape index (κ2) is 8.50. The lowest BCUT2D eigenvalue weighted by Gasteiger charge is -2.35. The molecular weight excluding hydrogens is 404 g/mol. The molecule has 0 bridgehead atoms. The summed E-state index contributed by atoms with van der Waals surface area (Å²) >= 11 is 0. The fourth-order valence-electron chi connectivity index (χ4n) is 3.57. The topological polar surface area (TPSA) is 126 Å². The molecule has 1 amide bonds. The van der Waals surface area contributed by atoms with Gasteiger partial charge in [0, 0.05) is 18.3 Å². The number of hydrogen-bond acceptors (Lipinski definition) is 6. The van der Waals surface area contributed by atoms with Crippen LogP contribution in [0.25, 0.3) is 10.9 Å². The highest BCUT2D eigenvalue weighted by atomic mass is 16.6. The van der Waals surface area contributed by atoms with E-state index in [0.29, 0.717) is 16.8 Å². The SMILES string of the molecule is Cc1c(N2CCO[C@H]([C@@H](OC(=O)CC(C)(C)C)C(=O)O)C2=O)ccc2ccc(=O)[nH]c12. The number of aromatic amines is 1. The molecule has 9 heteroatoms. The number of hydrogen-bond donors (Lipinski definition) is 2. The van der Waals surface area contributed by atoms with Gasteiger partial charge in [0.15, 0.2) is 6.10 Å². The first-order valence-electron chi connectivity index (χ1n) is 9.96. The van der Waals surface area contributed by atoms with Crippen LogP contribution in [-0.4, -0.2) is 53.3 Å². The second-order valence-electron chi connectivity index (χ2n) is 8.76. The number of aromatic nitrogens is 1. The summed E-state index contributed by atoms with van der Waals surface area (Å²) in [4.78, 5) is 53.1. The maximum Gasteiger partial charge on any atom is 0.348 e. The number of anilines is 1. The van der Waals surface area contributed by atoms with Crippen LogP contribution in [0.1, 0.15) is 32.8 Å². The Bertz CT molecular complexity index is 1080. The average Bonchev–Trinajstić information content (AvgIpc) is 2.66. The van der Waals surface area contributed by atoms with Crippen molar-refractivity contribution in [3.63, 3.8) is 0 Å². The Morgan fingerprint density at radius 1 is 1.26 bits per heavy atom. The lowest BCUT2D eigenvalue weighted by molar-refractivity contribution is -0.179. The molecule has 166 valence electrons. The zero-order valence-corrected chi connectivity index (χ0v) is 17.9. The van der Waals surface area contributed by atoms with E-state index < -0.39 is 35.5 Å². The number of rotatable bonds is 5. The summed E-state index contributed by atoms with van der Waals surface area (Å²) in [6.45, 7) is 7.49. The predicted molar refractivity (Wildman–Crippen MR) is 113 cm³/mol. The van der Waals surface area contributed by atoms with Gasteiger partial charge in [-0.1, -0.05) is 26.8 Å². The number of nitrogens with one attached hydrogen (secondary N) is 1. The molecule has 1 saturated heterocycles. The van der Waals surface area contributed by atoms with Gasteiger partial charge in [-0.3, -0.25) is 14.4 Å². The molecule has 1 aromatic heterocycles. The van der Waals surface area contributed by atoms with E-state index in [0.717, 1.165) is 5.39 Å². The highest BCUT2D eigenvalue weighted by Gasteiger charge is 2.43. The van der Waals surface area contributed by atoms with Gasteiger partial charge in [0.2, 0.25) is 11.7 Å². The molecule has 1 aliphatic rings. The van der Waals surface area contributed by atoms with Crippen LogP contribution in [0.2, 0.25) is 0 Å². The van der Waals surface area contributed by atoms with Crippen molar-refractivity contribution in [3.8, 4) is 0 Å². The molecule has 0 radical (unpaired) electrons. The first kappa shape index (κ1) is 22.5. The number of amides is 1. The van der Waals surface area contributed by atoms with Gasteiger partial charge in [0.05, 0.1) is 18.5 Å². The van der Waals surface area contributed by atoms with Gasteiger partial charge >= 0.3 is 11.9 Å². The van der Waals surface area contributed by atoms with Crippen LogP contribution >= 0.6 is 0 Å². The Balaban J connectivity index is 1.90. The fourth-order valence-corrected chi connectivity index (χ4v) is 3.57. The summed E-state index contributed by atoms with van der Waals surface area (Å²) in [6, 6.07) is 6.60. The minimum atomic E-state index is -1.76. The Labute approximate surface area is 178 Å². The number of aliphatic carboxylic acids is 1. The number of esters is 1. The quantitative estimate of drug-likeness (QED) is 0.695. The molecule has 2 N–H and O–H groups in total. The number of morpholine rings is 1. The van der Waals surface area contributed by atoms with Gasteiger partial charge in [-0.15, -0.1) is 0 Å². The number of ether oxygens (including phenoxy) is 2. The highest BCUT2D eigenvalue weighted by molar-refractivity contribution is 6.02. The van der Waals surface area contributed by atoms with Crippen LogP contribution in [0.15, 0.2) is 29.1 Å². The van der Waals surface area contributed by atoms with Crippen molar-refractivity contribution in [2.45, 2.75) is 46.3 Å². The van der Waals surface area contributed by atoms with Crippen LogP contribution in [0.5, 0.6) is 0 Å². The molecule has 3 rings (SSSR count). The fraction of sp³-hybridized carbons (Fsp3) is 0.455. The third-order valence-electron chi connectivity index (χ3n) is 5.00. The first-order chi connectivity index (χ1) is 14.5. The summed E-state index contributed by atoms with van der Waals surface area (Å²) in [6.07, 6.45) is -3.23. The molecule has 0 saturated carbocycles. The Morgan fingerprint density at radius 2 is 1.94 bits per heavy atom. The second-order valence-corrected chi connectivity index (χ2v) is 8.76. The van der Waals surface area contributed by atoms with Crippen molar-refractivity contribution >= 4 is 34.4 Å². The third kappa shape index (κ3) is 4.93. The van der Waals surface area contributed by atoms with E-state index in [9.17, 15) is 24.3 Å². The number of carbonyl (C=O) groups is 3. The summed E-state index contributed by atoms with van der Waals surface area (Å²) < 4.78 is 10.6. The number of benzene rings is 1. The Morgan fingerprint density at radius 3 is 2.58 bits per heavy atom. The molecule has 2 atom stereocenters. The van der Waals surface area contributed by atoms with E-state index in [-0.39, 0.29) is 25.1 Å². The van der Waals surface area contributed by atoms with E-state index in [1.54, 1.807) is 25.1 Å². The Kier molecular flexibility index (Phi) is 6.17. The highest BCUT2D eigenvalue weighted by Crippen LogP contribution is 2.29. The zero-order valence-electron chi connectivity index (χ0n) is 17.9. The van der Waals surface area contributed by atoms with Crippen LogP contribution in [0.3, 0.4) is 0 Å². The number of fused-ring (bicyclic) bond motifs is 1. The van der Waals surface area contributed by atoms with Crippen molar-refractivity contribution in [1.82, 2.24) is 4.98 Å². The Hall–Kier alpha value is -3.20. The average molecular weight is 430 g/mol. The maximum absolute atomic E-state index is 13.2. The minimum Gasteiger partial charge on any atom is -0.478 e. The molecule has 0 aliphatic carbocycles. The van der Waals surface area contributed by atoms with Gasteiger partial charge < -0.3 is 24.5 Å². The molecule has 1 aliphatic heterocycles. The summed E-state index contributed by atoms with van der Waals surface area (Å²) in [5.41, 5.74) is 1.12. The number of aryl methyl sites for hydroxylation is 1. The maximum atomic E-state index is 13.2. The van der Waals surface area contributed by atoms with Crippen molar-refractivity contribution < 1.29 is 29.0 Å². The minimum absolute atomic E-state index is 0.00144. The standard InChI is InChI=1S/C22H26N2O7/c1-12-14(7-5-13-6-8-15(25)23-17(12)13)24-9-10-30-18(20(24)27)19(21(28)29)31-16(26)11-22(2,3)4/h5-8,18-19H,9-11H2,1-4H3,(H,23,25)(H,28,29)/t18-,19-/m1/s1. The van der Waals surface area contributed by atoms with E-state index >= 15 is 0 Å². The third-order valence-corrected chi connectivity index (χ3v) is 5.00. The van der Waals surface area contributed by atoms with E-state index in [4.69, 9.17) is 9.47 Å². The molecule has 0 spiro atoms. The van der Waals surface area contributed by atoms with Gasteiger partial charge in [-0.2, -0.15) is 0 Å². The van der Waals surface area contributed by atoms with Crippen molar-refractivity contribution in [2.75, 3.05) is 18.1 Å².